The van der Waals surface area contributed by atoms with Crippen molar-refractivity contribution >= 4 is 10.0 Å². The molecule has 1 aromatic rings. The molecular weight excluding hydrogens is 278 g/mol. The second-order valence-corrected chi connectivity index (χ2v) is 6.04. The van der Waals surface area contributed by atoms with Crippen LogP contribution >= 0.6 is 0 Å². The average molecular weight is 301 g/mol. The predicted molar refractivity (Wildman–Crippen MR) is 78.6 cm³/mol. The lowest BCUT2D eigenvalue weighted by Gasteiger charge is -2.18. The number of nitrogens with one attached hydrogen (secondary N) is 1. The SMILES string of the molecule is CCOC(CCN)NS(=O)(=O)c1ccc(CCN)cc1. The van der Waals surface area contributed by atoms with Gasteiger partial charge >= 0.3 is 0 Å². The van der Waals surface area contributed by atoms with Gasteiger partial charge in [-0.3, -0.25) is 0 Å². The van der Waals surface area contributed by atoms with E-state index in [2.05, 4.69) is 4.72 Å². The highest BCUT2D eigenvalue weighted by Gasteiger charge is 2.19. The first-order valence-electron chi connectivity index (χ1n) is 6.66. The van der Waals surface area contributed by atoms with E-state index in [0.29, 0.717) is 26.1 Å². The van der Waals surface area contributed by atoms with Crippen LogP contribution in [0.4, 0.5) is 0 Å². The molecule has 1 atom stereocenters. The largest absolute Gasteiger partial charge is 0.363 e. The van der Waals surface area contributed by atoms with Crippen molar-refractivity contribution in [2.24, 2.45) is 11.5 Å². The van der Waals surface area contributed by atoms with Gasteiger partial charge in [0.2, 0.25) is 10.0 Å². The van der Waals surface area contributed by atoms with Crippen LogP contribution in [0.25, 0.3) is 0 Å². The maximum absolute atomic E-state index is 12.2. The summed E-state index contributed by atoms with van der Waals surface area (Å²) < 4.78 is 32.2. The Labute approximate surface area is 120 Å². The number of hydrogen-bond acceptors (Lipinski definition) is 5. The van der Waals surface area contributed by atoms with Crippen molar-refractivity contribution in [3.63, 3.8) is 0 Å². The van der Waals surface area contributed by atoms with Crippen molar-refractivity contribution in [2.75, 3.05) is 19.7 Å². The van der Waals surface area contributed by atoms with Gasteiger partial charge in [0, 0.05) is 13.0 Å². The quantitative estimate of drug-likeness (QED) is 0.564. The number of benzene rings is 1. The maximum Gasteiger partial charge on any atom is 0.242 e. The lowest BCUT2D eigenvalue weighted by molar-refractivity contribution is 0.0509. The second kappa shape index (κ2) is 8.33. The minimum absolute atomic E-state index is 0.208. The Morgan fingerprint density at radius 1 is 1.20 bits per heavy atom. The monoisotopic (exact) mass is 301 g/mol. The highest BCUT2D eigenvalue weighted by Crippen LogP contribution is 2.12. The molecule has 0 saturated heterocycles. The Balaban J connectivity index is 2.80. The van der Waals surface area contributed by atoms with Gasteiger partial charge in [-0.15, -0.1) is 0 Å². The summed E-state index contributed by atoms with van der Waals surface area (Å²) in [6, 6.07) is 6.66. The van der Waals surface area contributed by atoms with Crippen molar-refractivity contribution in [1.29, 1.82) is 0 Å². The van der Waals surface area contributed by atoms with Crippen molar-refractivity contribution in [3.8, 4) is 0 Å². The Morgan fingerprint density at radius 2 is 1.85 bits per heavy atom. The molecule has 0 aliphatic heterocycles. The molecule has 7 heteroatoms. The number of rotatable bonds is 9. The molecule has 0 aliphatic rings. The van der Waals surface area contributed by atoms with Crippen molar-refractivity contribution in [1.82, 2.24) is 4.72 Å². The van der Waals surface area contributed by atoms with Gasteiger partial charge in [0.1, 0.15) is 6.23 Å². The van der Waals surface area contributed by atoms with Crippen LogP contribution in [0.5, 0.6) is 0 Å². The normalized spacial score (nSPS) is 13.3. The van der Waals surface area contributed by atoms with Crippen LogP contribution in [-0.4, -0.2) is 34.3 Å². The first-order chi connectivity index (χ1) is 9.53. The van der Waals surface area contributed by atoms with Gasteiger partial charge in [0.15, 0.2) is 0 Å². The molecule has 1 rings (SSSR count). The zero-order valence-corrected chi connectivity index (χ0v) is 12.5. The first-order valence-corrected chi connectivity index (χ1v) is 8.14. The Bertz CT molecular complexity index is 482. The highest BCUT2D eigenvalue weighted by molar-refractivity contribution is 7.89. The van der Waals surface area contributed by atoms with E-state index in [4.69, 9.17) is 16.2 Å². The third kappa shape index (κ3) is 5.18. The van der Waals surface area contributed by atoms with Gasteiger partial charge in [-0.2, -0.15) is 4.72 Å². The minimum Gasteiger partial charge on any atom is -0.363 e. The molecule has 5 N–H and O–H groups in total. The molecular formula is C13H23N3O3S. The van der Waals surface area contributed by atoms with E-state index in [1.807, 2.05) is 0 Å². The van der Waals surface area contributed by atoms with Crippen LogP contribution in [0.15, 0.2) is 29.2 Å². The summed E-state index contributed by atoms with van der Waals surface area (Å²) in [5.74, 6) is 0. The molecule has 20 heavy (non-hydrogen) atoms. The lowest BCUT2D eigenvalue weighted by Crippen LogP contribution is -2.38. The minimum atomic E-state index is -3.60. The average Bonchev–Trinajstić information content (AvgIpc) is 2.40. The molecule has 0 bridgehead atoms. The van der Waals surface area contributed by atoms with E-state index in [9.17, 15) is 8.42 Å². The number of ether oxygens (including phenoxy) is 1. The maximum atomic E-state index is 12.2. The van der Waals surface area contributed by atoms with Crippen LogP contribution < -0.4 is 16.2 Å². The second-order valence-electron chi connectivity index (χ2n) is 4.33. The van der Waals surface area contributed by atoms with Crippen LogP contribution in [0.1, 0.15) is 18.9 Å². The van der Waals surface area contributed by atoms with E-state index >= 15 is 0 Å². The van der Waals surface area contributed by atoms with E-state index in [1.165, 1.54) is 0 Å². The van der Waals surface area contributed by atoms with Crippen molar-refractivity contribution in [3.05, 3.63) is 29.8 Å². The summed E-state index contributed by atoms with van der Waals surface area (Å²) in [5, 5.41) is 0. The number of hydrogen-bond donors (Lipinski definition) is 3. The fraction of sp³-hybridized carbons (Fsp3) is 0.538. The molecule has 0 heterocycles. The Hall–Kier alpha value is -0.990. The van der Waals surface area contributed by atoms with Crippen LogP contribution in [0.2, 0.25) is 0 Å². The van der Waals surface area contributed by atoms with Gasteiger partial charge in [0.05, 0.1) is 4.90 Å². The molecule has 0 aromatic heterocycles. The topological polar surface area (TPSA) is 107 Å². The molecule has 0 radical (unpaired) electrons. The third-order valence-electron chi connectivity index (χ3n) is 2.75. The van der Waals surface area contributed by atoms with Crippen molar-refractivity contribution < 1.29 is 13.2 Å². The molecule has 1 unspecified atom stereocenters. The molecule has 0 amide bonds. The van der Waals surface area contributed by atoms with Crippen molar-refractivity contribution in [2.45, 2.75) is 30.9 Å². The number of sulfonamides is 1. The van der Waals surface area contributed by atoms with Gasteiger partial charge in [0.25, 0.3) is 0 Å². The third-order valence-corrected chi connectivity index (χ3v) is 4.22. The van der Waals surface area contributed by atoms with Gasteiger partial charge < -0.3 is 16.2 Å². The molecule has 1 aromatic carbocycles. The van der Waals surface area contributed by atoms with Crippen LogP contribution in [-0.2, 0) is 21.2 Å². The molecule has 0 spiro atoms. The number of nitrogens with two attached hydrogens (primary N) is 2. The highest BCUT2D eigenvalue weighted by atomic mass is 32.2. The summed E-state index contributed by atoms with van der Waals surface area (Å²) in [7, 11) is -3.60. The predicted octanol–water partition coefficient (Wildman–Crippen LogP) is 0.178. The summed E-state index contributed by atoms with van der Waals surface area (Å²) in [6.45, 7) is 3.11. The molecule has 114 valence electrons. The summed E-state index contributed by atoms with van der Waals surface area (Å²) in [5.41, 5.74) is 11.9. The fourth-order valence-electron chi connectivity index (χ4n) is 1.77. The molecule has 6 nitrogen and oxygen atoms in total. The van der Waals surface area contributed by atoms with E-state index in [1.54, 1.807) is 31.2 Å². The van der Waals surface area contributed by atoms with Crippen LogP contribution in [0.3, 0.4) is 0 Å². The summed E-state index contributed by atoms with van der Waals surface area (Å²) in [4.78, 5) is 0.208. The van der Waals surface area contributed by atoms with Gasteiger partial charge in [-0.05, 0) is 44.1 Å². The smallest absolute Gasteiger partial charge is 0.242 e. The van der Waals surface area contributed by atoms with E-state index < -0.39 is 16.3 Å². The standard InChI is InChI=1S/C13H23N3O3S/c1-2-19-13(8-10-15)16-20(17,18)12-5-3-11(4-6-12)7-9-14/h3-6,13,16H,2,7-10,14-15H2,1H3. The first kappa shape index (κ1) is 17.1. The van der Waals surface area contributed by atoms with Gasteiger partial charge in [-0.25, -0.2) is 8.42 Å². The van der Waals surface area contributed by atoms with E-state index in [0.717, 1.165) is 12.0 Å². The summed E-state index contributed by atoms with van der Waals surface area (Å²) >= 11 is 0. The zero-order valence-electron chi connectivity index (χ0n) is 11.7. The Morgan fingerprint density at radius 3 is 2.35 bits per heavy atom. The van der Waals surface area contributed by atoms with Gasteiger partial charge in [-0.1, -0.05) is 12.1 Å². The molecule has 0 aliphatic carbocycles. The Kier molecular flexibility index (Phi) is 7.11. The summed E-state index contributed by atoms with van der Waals surface area (Å²) in [6.07, 6.45) is 0.555. The fourth-order valence-corrected chi connectivity index (χ4v) is 2.93. The molecule has 0 saturated carbocycles. The van der Waals surface area contributed by atoms with Crippen LogP contribution in [0, 0.1) is 0 Å². The molecule has 0 fully saturated rings. The zero-order chi connectivity index (χ0) is 15.0. The van der Waals surface area contributed by atoms with E-state index in [-0.39, 0.29) is 4.90 Å². The lowest BCUT2D eigenvalue weighted by atomic mass is 10.2.